The van der Waals surface area contributed by atoms with Gasteiger partial charge in [0.25, 0.3) is 0 Å². The van der Waals surface area contributed by atoms with E-state index in [1.165, 1.54) is 32.1 Å². The van der Waals surface area contributed by atoms with Crippen molar-refractivity contribution in [2.45, 2.75) is 96.8 Å². The number of carbonyl (C=O) groups is 3. The molecule has 0 aliphatic carbocycles. The Morgan fingerprint density at radius 1 is 0.581 bits per heavy atom. The topological polar surface area (TPSA) is 112 Å². The van der Waals surface area contributed by atoms with Crippen molar-refractivity contribution in [1.82, 2.24) is 0 Å². The van der Waals surface area contributed by atoms with Crippen LogP contribution in [0.4, 0.5) is 0 Å². The molecule has 0 fully saturated rings. The Morgan fingerprint density at radius 2 is 0.968 bits per heavy atom. The van der Waals surface area contributed by atoms with Crippen molar-refractivity contribution >= 4 is 17.9 Å². The Balaban J connectivity index is 4.31. The van der Waals surface area contributed by atoms with Gasteiger partial charge in [-0.3, -0.25) is 14.4 Å². The SMILES string of the molecule is CCCCCC/C=C/CCCCCCC[N+](CCC(=O)O)(CCC(=O)O)CCC(=O)O. The maximum Gasteiger partial charge on any atom is 0.309 e. The van der Waals surface area contributed by atoms with Crippen LogP contribution in [0.3, 0.4) is 0 Å². The Morgan fingerprint density at radius 3 is 1.39 bits per heavy atom. The molecule has 0 rings (SSSR count). The standard InChI is InChI=1S/C24H43NO6/c1-2-3-4-5-6-7-8-9-10-11-12-13-14-18-25(19-15-22(26)27,20-16-23(28)29)21-17-24(30)31/h7-8H,2-6,9-21H2,1H3,(H2-,26,27,28,29,30,31)/p+1/b8-7+. The van der Waals surface area contributed by atoms with Gasteiger partial charge in [-0.25, -0.2) is 0 Å². The average Bonchev–Trinajstić information content (AvgIpc) is 2.72. The van der Waals surface area contributed by atoms with E-state index < -0.39 is 17.9 Å². The van der Waals surface area contributed by atoms with Crippen LogP contribution in [0.15, 0.2) is 12.2 Å². The lowest BCUT2D eigenvalue weighted by atomic mass is 10.1. The Kier molecular flexibility index (Phi) is 17.7. The summed E-state index contributed by atoms with van der Waals surface area (Å²) in [4.78, 5) is 33.2. The molecule has 180 valence electrons. The van der Waals surface area contributed by atoms with Crippen LogP contribution in [0.25, 0.3) is 0 Å². The van der Waals surface area contributed by atoms with Crippen molar-refractivity contribution in [1.29, 1.82) is 0 Å². The first-order valence-corrected chi connectivity index (χ1v) is 12.0. The highest BCUT2D eigenvalue weighted by Crippen LogP contribution is 2.16. The summed E-state index contributed by atoms with van der Waals surface area (Å²) < 4.78 is 0.256. The molecule has 31 heavy (non-hydrogen) atoms. The highest BCUT2D eigenvalue weighted by Gasteiger charge is 2.29. The van der Waals surface area contributed by atoms with E-state index in [2.05, 4.69) is 19.1 Å². The van der Waals surface area contributed by atoms with E-state index in [0.717, 1.165) is 38.5 Å². The molecule has 0 atom stereocenters. The molecule has 0 aliphatic heterocycles. The second kappa shape index (κ2) is 18.8. The fourth-order valence-corrected chi connectivity index (χ4v) is 3.83. The van der Waals surface area contributed by atoms with Crippen LogP contribution in [0.5, 0.6) is 0 Å². The third-order valence-corrected chi connectivity index (χ3v) is 5.79. The maximum atomic E-state index is 11.1. The first-order chi connectivity index (χ1) is 14.8. The second-order valence-corrected chi connectivity index (χ2v) is 8.54. The number of hydrogen-bond donors (Lipinski definition) is 3. The summed E-state index contributed by atoms with van der Waals surface area (Å²) in [6.07, 6.45) is 17.0. The van der Waals surface area contributed by atoms with Gasteiger partial charge >= 0.3 is 17.9 Å². The molecular formula is C24H44NO6+. The van der Waals surface area contributed by atoms with E-state index in [1.54, 1.807) is 0 Å². The molecule has 0 bridgehead atoms. The summed E-state index contributed by atoms with van der Waals surface area (Å²) >= 11 is 0. The minimum atomic E-state index is -0.938. The molecule has 0 aromatic heterocycles. The van der Waals surface area contributed by atoms with E-state index >= 15 is 0 Å². The van der Waals surface area contributed by atoms with Gasteiger partial charge < -0.3 is 19.8 Å². The number of nitrogens with zero attached hydrogens (tertiary/aromatic N) is 1. The Hall–Kier alpha value is -1.89. The molecular weight excluding hydrogens is 398 g/mol. The highest BCUT2D eigenvalue weighted by atomic mass is 16.4. The van der Waals surface area contributed by atoms with Gasteiger partial charge in [-0.1, -0.05) is 51.2 Å². The lowest BCUT2D eigenvalue weighted by Gasteiger charge is -2.38. The van der Waals surface area contributed by atoms with Crippen molar-refractivity contribution in [3.8, 4) is 0 Å². The lowest BCUT2D eigenvalue weighted by molar-refractivity contribution is -0.927. The minimum absolute atomic E-state index is 0.0793. The average molecular weight is 443 g/mol. The fourth-order valence-electron chi connectivity index (χ4n) is 3.83. The van der Waals surface area contributed by atoms with Gasteiger partial charge in [-0.2, -0.15) is 0 Å². The molecule has 0 radical (unpaired) electrons. The summed E-state index contributed by atoms with van der Waals surface area (Å²) in [5.74, 6) is -2.82. The van der Waals surface area contributed by atoms with E-state index in [4.69, 9.17) is 15.3 Å². The van der Waals surface area contributed by atoms with Crippen LogP contribution in [-0.2, 0) is 14.4 Å². The predicted molar refractivity (Wildman–Crippen MR) is 122 cm³/mol. The van der Waals surface area contributed by atoms with E-state index in [1.807, 2.05) is 0 Å². The van der Waals surface area contributed by atoms with Gasteiger partial charge in [0.2, 0.25) is 0 Å². The largest absolute Gasteiger partial charge is 0.481 e. The van der Waals surface area contributed by atoms with Gasteiger partial charge in [0.1, 0.15) is 0 Å². The van der Waals surface area contributed by atoms with E-state index in [0.29, 0.717) is 6.54 Å². The van der Waals surface area contributed by atoms with Crippen molar-refractivity contribution in [3.63, 3.8) is 0 Å². The van der Waals surface area contributed by atoms with Gasteiger partial charge in [0.05, 0.1) is 45.4 Å². The number of rotatable bonds is 22. The third-order valence-electron chi connectivity index (χ3n) is 5.79. The summed E-state index contributed by atoms with van der Waals surface area (Å²) in [6.45, 7) is 3.68. The number of carboxylic acids is 3. The number of unbranched alkanes of at least 4 members (excludes halogenated alkanes) is 9. The van der Waals surface area contributed by atoms with Crippen LogP contribution in [0.1, 0.15) is 96.8 Å². The van der Waals surface area contributed by atoms with Crippen LogP contribution < -0.4 is 0 Å². The number of aliphatic carboxylic acids is 3. The summed E-state index contributed by atoms with van der Waals surface area (Å²) in [5.41, 5.74) is 0. The van der Waals surface area contributed by atoms with Crippen molar-refractivity contribution in [2.75, 3.05) is 26.2 Å². The second-order valence-electron chi connectivity index (χ2n) is 8.54. The smallest absolute Gasteiger partial charge is 0.309 e. The molecule has 0 aliphatic rings. The first kappa shape index (κ1) is 29.1. The van der Waals surface area contributed by atoms with Crippen molar-refractivity contribution in [2.24, 2.45) is 0 Å². The normalized spacial score (nSPS) is 11.8. The summed E-state index contributed by atoms with van der Waals surface area (Å²) in [6, 6.07) is 0. The molecule has 0 aromatic carbocycles. The molecule has 0 heterocycles. The molecule has 0 amide bonds. The van der Waals surface area contributed by atoms with E-state index in [9.17, 15) is 14.4 Å². The zero-order valence-electron chi connectivity index (χ0n) is 19.4. The third kappa shape index (κ3) is 18.6. The summed E-state index contributed by atoms with van der Waals surface area (Å²) in [7, 11) is 0. The molecule has 0 saturated heterocycles. The monoisotopic (exact) mass is 442 g/mol. The van der Waals surface area contributed by atoms with Gasteiger partial charge in [0.15, 0.2) is 0 Å². The molecule has 0 unspecified atom stereocenters. The number of allylic oxidation sites excluding steroid dienone is 2. The predicted octanol–water partition coefficient (Wildman–Crippen LogP) is 5.09. The van der Waals surface area contributed by atoms with Crippen LogP contribution in [0, 0.1) is 0 Å². The zero-order chi connectivity index (χ0) is 23.4. The molecule has 0 saturated carbocycles. The van der Waals surface area contributed by atoms with Crippen LogP contribution >= 0.6 is 0 Å². The van der Waals surface area contributed by atoms with Gasteiger partial charge in [-0.15, -0.1) is 0 Å². The lowest BCUT2D eigenvalue weighted by Crippen LogP contribution is -2.52. The molecule has 7 nitrogen and oxygen atoms in total. The highest BCUT2D eigenvalue weighted by molar-refractivity contribution is 5.67. The molecule has 0 aromatic rings. The molecule has 0 spiro atoms. The summed E-state index contributed by atoms with van der Waals surface area (Å²) in [5, 5.41) is 27.2. The number of quaternary nitrogens is 1. The molecule has 3 N–H and O–H groups in total. The fraction of sp³-hybridized carbons (Fsp3) is 0.792. The minimum Gasteiger partial charge on any atom is -0.481 e. The van der Waals surface area contributed by atoms with Crippen LogP contribution in [-0.4, -0.2) is 63.9 Å². The first-order valence-electron chi connectivity index (χ1n) is 12.0. The van der Waals surface area contributed by atoms with Gasteiger partial charge in [0, 0.05) is 0 Å². The quantitative estimate of drug-likeness (QED) is 0.122. The van der Waals surface area contributed by atoms with E-state index in [-0.39, 0.29) is 43.4 Å². The Labute approximate surface area is 187 Å². The Bertz CT molecular complexity index is 487. The van der Waals surface area contributed by atoms with Crippen molar-refractivity contribution in [3.05, 3.63) is 12.2 Å². The molecule has 7 heteroatoms. The maximum absolute atomic E-state index is 11.1. The zero-order valence-corrected chi connectivity index (χ0v) is 19.4. The number of carboxylic acid groups (broad SMARTS) is 3. The van der Waals surface area contributed by atoms with Crippen LogP contribution in [0.2, 0.25) is 0 Å². The van der Waals surface area contributed by atoms with Gasteiger partial charge in [-0.05, 0) is 38.5 Å². The number of hydrogen-bond acceptors (Lipinski definition) is 3. The van der Waals surface area contributed by atoms with Crippen molar-refractivity contribution < 1.29 is 34.2 Å².